The zero-order valence-corrected chi connectivity index (χ0v) is 9.78. The lowest BCUT2D eigenvalue weighted by molar-refractivity contribution is 0.912. The molecule has 1 aliphatic carbocycles. The van der Waals surface area contributed by atoms with Crippen molar-refractivity contribution >= 4 is 5.69 Å². The molecule has 0 spiro atoms. The number of nitrogen functional groups attached to an aromatic ring is 1. The highest BCUT2D eigenvalue weighted by molar-refractivity contribution is 5.60. The molecule has 1 nitrogen and oxygen atoms in total. The second kappa shape index (κ2) is 4.50. The van der Waals surface area contributed by atoms with Crippen molar-refractivity contribution in [3.05, 3.63) is 28.3 Å². The Balaban J connectivity index is 0.000000461. The molecule has 0 saturated carbocycles. The van der Waals surface area contributed by atoms with Gasteiger partial charge in [-0.1, -0.05) is 19.9 Å². The fourth-order valence-corrected chi connectivity index (χ4v) is 2.04. The molecular formula is C13H21N. The van der Waals surface area contributed by atoms with E-state index in [0.29, 0.717) is 0 Å². The van der Waals surface area contributed by atoms with Gasteiger partial charge in [0.15, 0.2) is 0 Å². The van der Waals surface area contributed by atoms with Crippen LogP contribution < -0.4 is 5.73 Å². The molecule has 0 heterocycles. The molecule has 0 bridgehead atoms. The van der Waals surface area contributed by atoms with Gasteiger partial charge in [0.25, 0.3) is 0 Å². The highest BCUT2D eigenvalue weighted by Gasteiger charge is 2.15. The zero-order chi connectivity index (χ0) is 10.7. The maximum atomic E-state index is 6.03. The Morgan fingerprint density at radius 3 is 2.43 bits per heavy atom. The summed E-state index contributed by atoms with van der Waals surface area (Å²) in [6, 6.07) is 2.30. The average molecular weight is 191 g/mol. The molecule has 2 rings (SSSR count). The van der Waals surface area contributed by atoms with Crippen LogP contribution >= 0.6 is 0 Å². The van der Waals surface area contributed by atoms with Gasteiger partial charge in [0.05, 0.1) is 0 Å². The molecule has 1 aromatic carbocycles. The standard InChI is InChI=1S/C11H15N.C2H6/c1-7-6-9-4-3-5-10(9)11(12)8(7)2;1-2/h6H,3-5,12H2,1-2H3;1-2H3. The van der Waals surface area contributed by atoms with Gasteiger partial charge in [-0.2, -0.15) is 0 Å². The summed E-state index contributed by atoms with van der Waals surface area (Å²) in [6.07, 6.45) is 3.69. The molecule has 0 atom stereocenters. The number of aryl methyl sites for hydroxylation is 2. The summed E-state index contributed by atoms with van der Waals surface area (Å²) in [6.45, 7) is 8.26. The largest absolute Gasteiger partial charge is 0.398 e. The van der Waals surface area contributed by atoms with E-state index in [2.05, 4.69) is 19.9 Å². The van der Waals surface area contributed by atoms with Crippen LogP contribution in [0.4, 0.5) is 5.69 Å². The Hall–Kier alpha value is -0.980. The minimum absolute atomic E-state index is 1.04. The molecule has 14 heavy (non-hydrogen) atoms. The van der Waals surface area contributed by atoms with E-state index >= 15 is 0 Å². The van der Waals surface area contributed by atoms with E-state index in [1.807, 2.05) is 13.8 Å². The fourth-order valence-electron chi connectivity index (χ4n) is 2.04. The first kappa shape index (κ1) is 11.1. The van der Waals surface area contributed by atoms with Gasteiger partial charge in [0.1, 0.15) is 0 Å². The molecule has 0 unspecified atom stereocenters. The van der Waals surface area contributed by atoms with E-state index in [1.165, 1.54) is 41.5 Å². The number of fused-ring (bicyclic) bond motifs is 1. The molecule has 0 amide bonds. The van der Waals surface area contributed by atoms with Gasteiger partial charge in [-0.05, 0) is 55.4 Å². The molecule has 0 saturated heterocycles. The monoisotopic (exact) mass is 191 g/mol. The van der Waals surface area contributed by atoms with Gasteiger partial charge in [0.2, 0.25) is 0 Å². The van der Waals surface area contributed by atoms with Crippen molar-refractivity contribution in [2.75, 3.05) is 5.73 Å². The van der Waals surface area contributed by atoms with Crippen molar-refractivity contribution in [3.63, 3.8) is 0 Å². The summed E-state index contributed by atoms with van der Waals surface area (Å²) in [5, 5.41) is 0. The van der Waals surface area contributed by atoms with E-state index in [9.17, 15) is 0 Å². The van der Waals surface area contributed by atoms with Gasteiger partial charge in [-0.25, -0.2) is 0 Å². The lowest BCUT2D eigenvalue weighted by Crippen LogP contribution is -1.98. The molecular weight excluding hydrogens is 170 g/mol. The van der Waals surface area contributed by atoms with Crippen LogP contribution in [0.2, 0.25) is 0 Å². The van der Waals surface area contributed by atoms with Crippen molar-refractivity contribution in [1.29, 1.82) is 0 Å². The normalized spacial score (nSPS) is 13.1. The Morgan fingerprint density at radius 1 is 1.14 bits per heavy atom. The van der Waals surface area contributed by atoms with E-state index < -0.39 is 0 Å². The average Bonchev–Trinajstić information content (AvgIpc) is 2.65. The molecule has 1 heteroatoms. The highest BCUT2D eigenvalue weighted by atomic mass is 14.6. The second-order valence-electron chi connectivity index (χ2n) is 3.72. The summed E-state index contributed by atoms with van der Waals surface area (Å²) >= 11 is 0. The number of nitrogens with two attached hydrogens (primary N) is 1. The van der Waals surface area contributed by atoms with Gasteiger partial charge in [0, 0.05) is 5.69 Å². The molecule has 78 valence electrons. The van der Waals surface area contributed by atoms with Crippen LogP contribution in [0.5, 0.6) is 0 Å². The van der Waals surface area contributed by atoms with Crippen molar-refractivity contribution < 1.29 is 0 Å². The smallest absolute Gasteiger partial charge is 0.0381 e. The number of rotatable bonds is 0. The van der Waals surface area contributed by atoms with Crippen LogP contribution in [0.15, 0.2) is 6.07 Å². The van der Waals surface area contributed by atoms with Gasteiger partial charge >= 0.3 is 0 Å². The van der Waals surface area contributed by atoms with Gasteiger partial charge in [-0.3, -0.25) is 0 Å². The number of anilines is 1. The summed E-state index contributed by atoms with van der Waals surface area (Å²) in [5.41, 5.74) is 12.6. The topological polar surface area (TPSA) is 26.0 Å². The first-order valence-electron chi connectivity index (χ1n) is 5.57. The van der Waals surface area contributed by atoms with Gasteiger partial charge < -0.3 is 5.73 Å². The van der Waals surface area contributed by atoms with E-state index in [-0.39, 0.29) is 0 Å². The van der Waals surface area contributed by atoms with Crippen LogP contribution in [-0.2, 0) is 12.8 Å². The lowest BCUT2D eigenvalue weighted by atomic mass is 9.99. The summed E-state index contributed by atoms with van der Waals surface area (Å²) in [7, 11) is 0. The van der Waals surface area contributed by atoms with Crippen LogP contribution in [0.3, 0.4) is 0 Å². The van der Waals surface area contributed by atoms with Crippen molar-refractivity contribution in [3.8, 4) is 0 Å². The van der Waals surface area contributed by atoms with Crippen molar-refractivity contribution in [2.45, 2.75) is 47.0 Å². The minimum Gasteiger partial charge on any atom is -0.398 e. The Bertz CT molecular complexity index is 326. The molecule has 0 radical (unpaired) electrons. The summed E-state index contributed by atoms with van der Waals surface area (Å²) in [4.78, 5) is 0. The van der Waals surface area contributed by atoms with E-state index in [0.717, 1.165) is 5.69 Å². The van der Waals surface area contributed by atoms with E-state index in [1.54, 1.807) is 0 Å². The number of hydrogen-bond acceptors (Lipinski definition) is 1. The van der Waals surface area contributed by atoms with Crippen LogP contribution in [0, 0.1) is 13.8 Å². The molecule has 2 N–H and O–H groups in total. The quantitative estimate of drug-likeness (QED) is 0.625. The second-order valence-corrected chi connectivity index (χ2v) is 3.72. The third-order valence-electron chi connectivity index (χ3n) is 2.97. The van der Waals surface area contributed by atoms with Gasteiger partial charge in [-0.15, -0.1) is 0 Å². The fraction of sp³-hybridized carbons (Fsp3) is 0.538. The Kier molecular flexibility index (Phi) is 3.56. The summed E-state index contributed by atoms with van der Waals surface area (Å²) in [5.74, 6) is 0. The first-order valence-corrected chi connectivity index (χ1v) is 5.57. The SMILES string of the molecule is CC.Cc1cc2c(c(N)c1C)CCC2. The zero-order valence-electron chi connectivity index (χ0n) is 9.78. The predicted octanol–water partition coefficient (Wildman–Crippen LogP) is 3.40. The third kappa shape index (κ3) is 1.77. The Labute approximate surface area is 87.3 Å². The molecule has 1 aromatic rings. The number of hydrogen-bond donors (Lipinski definition) is 1. The highest BCUT2D eigenvalue weighted by Crippen LogP contribution is 2.31. The number of benzene rings is 1. The molecule has 0 aliphatic heterocycles. The Morgan fingerprint density at radius 2 is 1.79 bits per heavy atom. The van der Waals surface area contributed by atoms with Crippen LogP contribution in [-0.4, -0.2) is 0 Å². The minimum atomic E-state index is 1.04. The summed E-state index contributed by atoms with van der Waals surface area (Å²) < 4.78 is 0. The van der Waals surface area contributed by atoms with Crippen LogP contribution in [0.25, 0.3) is 0 Å². The predicted molar refractivity (Wildman–Crippen MR) is 63.7 cm³/mol. The molecule has 0 aromatic heterocycles. The first-order chi connectivity index (χ1) is 6.70. The third-order valence-corrected chi connectivity index (χ3v) is 2.97. The van der Waals surface area contributed by atoms with Crippen LogP contribution in [0.1, 0.15) is 42.5 Å². The van der Waals surface area contributed by atoms with Crippen molar-refractivity contribution in [1.82, 2.24) is 0 Å². The van der Waals surface area contributed by atoms with E-state index in [4.69, 9.17) is 5.73 Å². The maximum absolute atomic E-state index is 6.03. The van der Waals surface area contributed by atoms with Crippen molar-refractivity contribution in [2.24, 2.45) is 0 Å². The maximum Gasteiger partial charge on any atom is 0.0381 e. The molecule has 1 aliphatic rings. The lowest BCUT2D eigenvalue weighted by Gasteiger charge is -2.10. The molecule has 0 fully saturated rings.